The van der Waals surface area contributed by atoms with Crippen molar-refractivity contribution in [3.05, 3.63) is 48.0 Å². The fraction of sp³-hybridized carbons (Fsp3) is 0.316. The van der Waals surface area contributed by atoms with Gasteiger partial charge in [-0.25, -0.2) is 22.2 Å². The molecule has 10 heteroatoms. The largest absolute Gasteiger partial charge is 0.497 e. The van der Waals surface area contributed by atoms with Gasteiger partial charge in [-0.1, -0.05) is 11.3 Å². The number of thiazole rings is 1. The monoisotopic (exact) mass is 440 g/mol. The summed E-state index contributed by atoms with van der Waals surface area (Å²) in [6.07, 6.45) is 0.645. The molecule has 1 aliphatic rings. The maximum Gasteiger partial charge on any atom is 0.274 e. The van der Waals surface area contributed by atoms with Gasteiger partial charge in [0.2, 0.25) is 10.0 Å². The predicted octanol–water partition coefficient (Wildman–Crippen LogP) is 3.82. The summed E-state index contributed by atoms with van der Waals surface area (Å²) < 4.78 is 65.9. The first-order valence-electron chi connectivity index (χ1n) is 8.93. The molecular weight excluding hydrogens is 422 g/mol. The van der Waals surface area contributed by atoms with Crippen molar-refractivity contribution in [2.45, 2.75) is 23.8 Å². The lowest BCUT2D eigenvalue weighted by molar-refractivity contribution is 0.135. The zero-order valence-electron chi connectivity index (χ0n) is 15.5. The highest BCUT2D eigenvalue weighted by Crippen LogP contribution is 2.32. The minimum absolute atomic E-state index is 0.154. The molecule has 0 unspecified atom stereocenters. The van der Waals surface area contributed by atoms with Gasteiger partial charge in [0, 0.05) is 19.2 Å². The van der Waals surface area contributed by atoms with Gasteiger partial charge in [0.15, 0.2) is 0 Å². The van der Waals surface area contributed by atoms with Crippen LogP contribution in [0.4, 0.5) is 8.78 Å². The summed E-state index contributed by atoms with van der Waals surface area (Å²) in [5, 5.41) is 0.505. The average Bonchev–Trinajstić information content (AvgIpc) is 3.11. The Morgan fingerprint density at radius 1 is 1.14 bits per heavy atom. The second-order valence-electron chi connectivity index (χ2n) is 6.61. The minimum Gasteiger partial charge on any atom is -0.497 e. The third-order valence-corrected chi connectivity index (χ3v) is 7.60. The van der Waals surface area contributed by atoms with E-state index in [9.17, 15) is 17.2 Å². The Hall–Kier alpha value is -2.30. The van der Waals surface area contributed by atoms with Crippen molar-refractivity contribution in [2.75, 3.05) is 20.2 Å². The molecule has 3 aromatic rings. The van der Waals surface area contributed by atoms with Crippen LogP contribution in [0.5, 0.6) is 10.9 Å². The van der Waals surface area contributed by atoms with Crippen LogP contribution in [0, 0.1) is 11.6 Å². The van der Waals surface area contributed by atoms with Gasteiger partial charge in [-0.2, -0.15) is 4.31 Å². The van der Waals surface area contributed by atoms with Gasteiger partial charge in [-0.05, 0) is 43.2 Å². The summed E-state index contributed by atoms with van der Waals surface area (Å²) in [4.78, 5) is 3.80. The number of aromatic nitrogens is 1. The number of sulfonamides is 1. The SMILES string of the molecule is COc1ccc2sc(OC3CCN(S(=O)(=O)c4cc(F)ccc4F)CC3)nc2c1. The van der Waals surface area contributed by atoms with Gasteiger partial charge >= 0.3 is 0 Å². The highest BCUT2D eigenvalue weighted by molar-refractivity contribution is 7.89. The maximum absolute atomic E-state index is 13.9. The Morgan fingerprint density at radius 2 is 1.90 bits per heavy atom. The van der Waals surface area contributed by atoms with Crippen molar-refractivity contribution in [3.8, 4) is 10.9 Å². The van der Waals surface area contributed by atoms with E-state index in [1.54, 1.807) is 7.11 Å². The Kier molecular flexibility index (Phi) is 5.41. The van der Waals surface area contributed by atoms with E-state index >= 15 is 0 Å². The number of fused-ring (bicyclic) bond motifs is 1. The first-order valence-corrected chi connectivity index (χ1v) is 11.2. The van der Waals surface area contributed by atoms with E-state index in [2.05, 4.69) is 4.98 Å². The summed E-state index contributed by atoms with van der Waals surface area (Å²) in [7, 11) is -2.52. The molecule has 0 N–H and O–H groups in total. The average molecular weight is 440 g/mol. The van der Waals surface area contributed by atoms with Crippen LogP contribution in [-0.2, 0) is 10.0 Å². The molecule has 1 saturated heterocycles. The van der Waals surface area contributed by atoms with E-state index in [0.29, 0.717) is 29.9 Å². The number of hydrogen-bond donors (Lipinski definition) is 0. The van der Waals surface area contributed by atoms with Gasteiger partial charge < -0.3 is 9.47 Å². The number of halogens is 2. The van der Waals surface area contributed by atoms with Gasteiger partial charge in [-0.3, -0.25) is 0 Å². The molecule has 0 bridgehead atoms. The van der Waals surface area contributed by atoms with Crippen LogP contribution in [0.2, 0.25) is 0 Å². The van der Waals surface area contributed by atoms with E-state index in [4.69, 9.17) is 9.47 Å². The lowest BCUT2D eigenvalue weighted by Gasteiger charge is -2.30. The lowest BCUT2D eigenvalue weighted by Crippen LogP contribution is -2.42. The minimum atomic E-state index is -4.10. The molecule has 0 radical (unpaired) electrons. The molecule has 154 valence electrons. The second-order valence-corrected chi connectivity index (χ2v) is 9.51. The number of piperidine rings is 1. The summed E-state index contributed by atoms with van der Waals surface area (Å²) >= 11 is 1.40. The van der Waals surface area contributed by atoms with Crippen LogP contribution in [-0.4, -0.2) is 44.0 Å². The first-order chi connectivity index (χ1) is 13.9. The molecule has 0 aliphatic carbocycles. The van der Waals surface area contributed by atoms with Crippen LogP contribution in [0.25, 0.3) is 10.2 Å². The Balaban J connectivity index is 1.43. The first kappa shape index (κ1) is 20.0. The number of rotatable bonds is 5. The van der Waals surface area contributed by atoms with E-state index in [0.717, 1.165) is 26.7 Å². The van der Waals surface area contributed by atoms with E-state index < -0.39 is 26.6 Å². The Labute approximate surface area is 170 Å². The lowest BCUT2D eigenvalue weighted by atomic mass is 10.1. The molecule has 1 aromatic heterocycles. The maximum atomic E-state index is 13.9. The molecular formula is C19H18F2N2O4S2. The van der Waals surface area contributed by atoms with Crippen LogP contribution in [0.1, 0.15) is 12.8 Å². The van der Waals surface area contributed by atoms with Crippen LogP contribution >= 0.6 is 11.3 Å². The van der Waals surface area contributed by atoms with Crippen molar-refractivity contribution in [2.24, 2.45) is 0 Å². The van der Waals surface area contributed by atoms with Crippen LogP contribution in [0.3, 0.4) is 0 Å². The fourth-order valence-corrected chi connectivity index (χ4v) is 5.62. The van der Waals surface area contributed by atoms with Crippen molar-refractivity contribution < 1.29 is 26.7 Å². The van der Waals surface area contributed by atoms with Gasteiger partial charge in [-0.15, -0.1) is 0 Å². The summed E-state index contributed by atoms with van der Waals surface area (Å²) in [6.45, 7) is 0.309. The summed E-state index contributed by atoms with van der Waals surface area (Å²) in [6, 6.07) is 7.99. The molecule has 0 saturated carbocycles. The van der Waals surface area contributed by atoms with Crippen molar-refractivity contribution >= 4 is 31.6 Å². The topological polar surface area (TPSA) is 68.7 Å². The highest BCUT2D eigenvalue weighted by Gasteiger charge is 2.32. The van der Waals surface area contributed by atoms with Crippen molar-refractivity contribution in [3.63, 3.8) is 0 Å². The molecule has 6 nitrogen and oxygen atoms in total. The quantitative estimate of drug-likeness (QED) is 0.604. The van der Waals surface area contributed by atoms with Gasteiger partial charge in [0.25, 0.3) is 5.19 Å². The van der Waals surface area contributed by atoms with Gasteiger partial charge in [0.05, 0.1) is 17.3 Å². The zero-order chi connectivity index (χ0) is 20.6. The molecule has 2 aromatic carbocycles. The number of benzene rings is 2. The number of methoxy groups -OCH3 is 1. The molecule has 0 amide bonds. The number of ether oxygens (including phenoxy) is 2. The molecule has 2 heterocycles. The Bertz CT molecular complexity index is 1140. The summed E-state index contributed by atoms with van der Waals surface area (Å²) in [5.41, 5.74) is 0.769. The van der Waals surface area contributed by atoms with Crippen molar-refractivity contribution in [1.29, 1.82) is 0 Å². The molecule has 1 aliphatic heterocycles. The van der Waals surface area contributed by atoms with E-state index in [1.165, 1.54) is 11.3 Å². The fourth-order valence-electron chi connectivity index (χ4n) is 3.21. The predicted molar refractivity (Wildman–Crippen MR) is 105 cm³/mol. The third kappa shape index (κ3) is 4.05. The second kappa shape index (κ2) is 7.85. The molecule has 1 fully saturated rings. The molecule has 0 atom stereocenters. The van der Waals surface area contributed by atoms with E-state index in [-0.39, 0.29) is 19.2 Å². The number of hydrogen-bond acceptors (Lipinski definition) is 6. The molecule has 0 spiro atoms. The zero-order valence-corrected chi connectivity index (χ0v) is 17.1. The Morgan fingerprint density at radius 3 is 2.62 bits per heavy atom. The summed E-state index contributed by atoms with van der Waals surface area (Å²) in [5.74, 6) is -1.05. The molecule has 4 rings (SSSR count). The number of nitrogens with zero attached hydrogens (tertiary/aromatic N) is 2. The van der Waals surface area contributed by atoms with Crippen LogP contribution < -0.4 is 9.47 Å². The van der Waals surface area contributed by atoms with Gasteiger partial charge in [0.1, 0.15) is 28.4 Å². The third-order valence-electron chi connectivity index (χ3n) is 4.75. The standard InChI is InChI=1S/C19H18F2N2O4S2/c1-26-14-3-5-17-16(11-14)22-19(28-17)27-13-6-8-23(9-7-13)29(24,25)18-10-12(20)2-4-15(18)21/h2-5,10-11,13H,6-9H2,1H3. The molecule has 29 heavy (non-hydrogen) atoms. The van der Waals surface area contributed by atoms with Crippen molar-refractivity contribution in [1.82, 2.24) is 9.29 Å². The van der Waals surface area contributed by atoms with Crippen LogP contribution in [0.15, 0.2) is 41.3 Å². The smallest absolute Gasteiger partial charge is 0.274 e. The van der Waals surface area contributed by atoms with E-state index in [1.807, 2.05) is 18.2 Å². The normalized spacial score (nSPS) is 16.2. The highest BCUT2D eigenvalue weighted by atomic mass is 32.2.